The van der Waals surface area contributed by atoms with Crippen LogP contribution in [0.3, 0.4) is 0 Å². The molecule has 0 unspecified atom stereocenters. The average Bonchev–Trinajstić information content (AvgIpc) is 3.43. The third kappa shape index (κ3) is 6.00. The summed E-state index contributed by atoms with van der Waals surface area (Å²) in [5, 5.41) is 31.7. The summed E-state index contributed by atoms with van der Waals surface area (Å²) in [6.07, 6.45) is 12.8. The molecule has 41 heavy (non-hydrogen) atoms. The molecule has 3 N–H and O–H groups in total. The molecule has 5 rings (SSSR count). The van der Waals surface area contributed by atoms with E-state index in [0.717, 1.165) is 30.4 Å². The molecule has 1 amide bonds. The molecule has 1 saturated heterocycles. The number of fused-ring (bicyclic) bond motifs is 1. The quantitative estimate of drug-likeness (QED) is 0.356. The van der Waals surface area contributed by atoms with Crippen LogP contribution in [0.25, 0.3) is 0 Å². The van der Waals surface area contributed by atoms with E-state index in [-0.39, 0.29) is 17.4 Å². The van der Waals surface area contributed by atoms with Crippen LogP contribution in [0.2, 0.25) is 0 Å². The van der Waals surface area contributed by atoms with Crippen molar-refractivity contribution in [3.8, 4) is 0 Å². The summed E-state index contributed by atoms with van der Waals surface area (Å²) in [5.41, 5.74) is 3.44. The predicted octanol–water partition coefficient (Wildman–Crippen LogP) is 6.14. The Kier molecular flexibility index (Phi) is 8.99. The first-order valence-electron chi connectivity index (χ1n) is 16.1. The fourth-order valence-electron chi connectivity index (χ4n) is 8.98. The van der Waals surface area contributed by atoms with Crippen LogP contribution in [0.4, 0.5) is 0 Å². The maximum absolute atomic E-state index is 13.4. The van der Waals surface area contributed by atoms with Crippen molar-refractivity contribution >= 4 is 5.91 Å². The van der Waals surface area contributed by atoms with Gasteiger partial charge in [0, 0.05) is 25.4 Å². The fourth-order valence-corrected chi connectivity index (χ4v) is 8.98. The number of carbonyl (C=O) groups excluding carboxylic acids is 1. The van der Waals surface area contributed by atoms with E-state index in [1.54, 1.807) is 0 Å². The van der Waals surface area contributed by atoms with Gasteiger partial charge in [-0.3, -0.25) is 4.79 Å². The second-order valence-corrected chi connectivity index (χ2v) is 13.9. The third-order valence-corrected chi connectivity index (χ3v) is 11.4. The topological polar surface area (TPSA) is 81.0 Å². The molecular formula is C36H51NO4. The summed E-state index contributed by atoms with van der Waals surface area (Å²) in [4.78, 5) is 15.4. The Labute approximate surface area is 247 Å². The Morgan fingerprint density at radius 2 is 1.93 bits per heavy atom. The lowest BCUT2D eigenvalue weighted by molar-refractivity contribution is -0.144. The van der Waals surface area contributed by atoms with Crippen LogP contribution >= 0.6 is 0 Å². The van der Waals surface area contributed by atoms with Crippen molar-refractivity contribution in [3.63, 3.8) is 0 Å². The lowest BCUT2D eigenvalue weighted by Gasteiger charge is -2.45. The van der Waals surface area contributed by atoms with Crippen molar-refractivity contribution in [1.29, 1.82) is 0 Å². The maximum atomic E-state index is 13.4. The molecule has 224 valence electrons. The van der Waals surface area contributed by atoms with E-state index in [4.69, 9.17) is 0 Å². The molecule has 1 aromatic rings. The summed E-state index contributed by atoms with van der Waals surface area (Å²) >= 11 is 0. The van der Waals surface area contributed by atoms with E-state index >= 15 is 0 Å². The fraction of sp³-hybridized carbons (Fsp3) is 0.639. The molecule has 1 aliphatic heterocycles. The Balaban J connectivity index is 1.30. The first kappa shape index (κ1) is 30.3. The number of carbonyl (C=O) groups is 1. The molecule has 1 heterocycles. The van der Waals surface area contributed by atoms with Crippen LogP contribution in [0.1, 0.15) is 90.5 Å². The zero-order valence-corrected chi connectivity index (χ0v) is 25.4. The molecule has 5 heteroatoms. The summed E-state index contributed by atoms with van der Waals surface area (Å²) < 4.78 is 0. The van der Waals surface area contributed by atoms with Gasteiger partial charge in [-0.25, -0.2) is 0 Å². The number of nitrogens with zero attached hydrogens (tertiary/aromatic N) is 1. The van der Waals surface area contributed by atoms with E-state index in [1.807, 2.05) is 30.0 Å². The number of aliphatic hydroxyl groups excluding tert-OH is 2. The Morgan fingerprint density at radius 3 is 2.66 bits per heavy atom. The molecule has 4 aliphatic rings. The monoisotopic (exact) mass is 561 g/mol. The van der Waals surface area contributed by atoms with Gasteiger partial charge in [-0.15, -0.1) is 0 Å². The molecule has 8 atom stereocenters. The summed E-state index contributed by atoms with van der Waals surface area (Å²) in [7, 11) is 0. The molecule has 4 fully saturated rings. The second-order valence-electron chi connectivity index (χ2n) is 13.9. The van der Waals surface area contributed by atoms with Gasteiger partial charge in [-0.2, -0.15) is 0 Å². The number of benzene rings is 1. The predicted molar refractivity (Wildman–Crippen MR) is 164 cm³/mol. The van der Waals surface area contributed by atoms with Crippen LogP contribution in [0.15, 0.2) is 65.8 Å². The number of amides is 1. The lowest BCUT2D eigenvalue weighted by atomic mass is 9.60. The van der Waals surface area contributed by atoms with Gasteiger partial charge in [-0.05, 0) is 97.7 Å². The van der Waals surface area contributed by atoms with E-state index in [9.17, 15) is 20.1 Å². The van der Waals surface area contributed by atoms with Crippen LogP contribution in [-0.2, 0) is 11.2 Å². The number of hydrogen-bond acceptors (Lipinski definition) is 4. The first-order chi connectivity index (χ1) is 19.6. The Morgan fingerprint density at radius 1 is 1.17 bits per heavy atom. The first-order valence-corrected chi connectivity index (χ1v) is 16.1. The normalized spacial score (nSPS) is 38.6. The Hall–Kier alpha value is -2.21. The number of rotatable bonds is 8. The largest absolute Gasteiger partial charge is 0.393 e. The zero-order chi connectivity index (χ0) is 29.4. The van der Waals surface area contributed by atoms with Crippen LogP contribution in [-0.4, -0.2) is 56.5 Å². The van der Waals surface area contributed by atoms with Gasteiger partial charge < -0.3 is 20.2 Å². The minimum absolute atomic E-state index is 0.0762. The number of likely N-dealkylation sites (tertiary alicyclic amines) is 1. The molecule has 0 aromatic heterocycles. The van der Waals surface area contributed by atoms with Gasteiger partial charge in [0.05, 0.1) is 12.2 Å². The van der Waals surface area contributed by atoms with Gasteiger partial charge in [-0.1, -0.05) is 75.4 Å². The van der Waals surface area contributed by atoms with Crippen LogP contribution in [0.5, 0.6) is 0 Å². The van der Waals surface area contributed by atoms with Crippen molar-refractivity contribution in [2.75, 3.05) is 6.54 Å². The van der Waals surface area contributed by atoms with Crippen molar-refractivity contribution < 1.29 is 20.1 Å². The van der Waals surface area contributed by atoms with Crippen LogP contribution in [0, 0.1) is 23.2 Å². The minimum Gasteiger partial charge on any atom is -0.393 e. The van der Waals surface area contributed by atoms with Crippen molar-refractivity contribution in [2.24, 2.45) is 23.2 Å². The SMILES string of the molecule is C=C1/C(=C\C=C2/CCC[C@]3(C)[C@@H]([C@H](C)C[C@@H]4C[C@@](O)(CC)C(=O)N4CCc4ccccc4)CC[C@@H]23)C[C@@H](O)C[C@@H]1O. The van der Waals surface area contributed by atoms with Gasteiger partial charge in [0.25, 0.3) is 5.91 Å². The lowest BCUT2D eigenvalue weighted by Crippen LogP contribution is -2.42. The smallest absolute Gasteiger partial charge is 0.254 e. The molecule has 0 radical (unpaired) electrons. The highest BCUT2D eigenvalue weighted by atomic mass is 16.3. The van der Waals surface area contributed by atoms with Gasteiger partial charge in [0.15, 0.2) is 0 Å². The van der Waals surface area contributed by atoms with E-state index in [0.29, 0.717) is 50.0 Å². The molecule has 3 saturated carbocycles. The average molecular weight is 562 g/mol. The number of allylic oxidation sites excluding steroid dienone is 3. The Bertz CT molecular complexity index is 1170. The number of aliphatic hydroxyl groups is 3. The van der Waals surface area contributed by atoms with Gasteiger partial charge in [0.1, 0.15) is 5.60 Å². The van der Waals surface area contributed by atoms with Crippen molar-refractivity contribution in [3.05, 3.63) is 71.3 Å². The summed E-state index contributed by atoms with van der Waals surface area (Å²) in [6, 6.07) is 10.4. The molecule has 0 spiro atoms. The van der Waals surface area contributed by atoms with Gasteiger partial charge >= 0.3 is 0 Å². The molecule has 5 nitrogen and oxygen atoms in total. The maximum Gasteiger partial charge on any atom is 0.254 e. The highest BCUT2D eigenvalue weighted by Gasteiger charge is 2.53. The standard InChI is InChI=1S/C36H51NO4/c1-5-36(41)23-29(37(34(36)40)19-17-26-10-7-6-8-11-26)20-24(2)31-15-16-32-27(12-9-18-35(31,32)4)13-14-28-21-30(38)22-33(39)25(28)3/h6-8,10-11,13-14,24,29-33,38-39,41H,3,5,9,12,15-23H2,1-2,4H3/b27-13+,28-14-/t24-,29-,30-,31-,32+,33+,35-,36+/m1/s1. The van der Waals surface area contributed by atoms with Crippen molar-refractivity contribution in [1.82, 2.24) is 4.90 Å². The van der Waals surface area contributed by atoms with E-state index < -0.39 is 17.8 Å². The van der Waals surface area contributed by atoms with Crippen molar-refractivity contribution in [2.45, 2.75) is 115 Å². The van der Waals surface area contributed by atoms with Crippen LogP contribution < -0.4 is 0 Å². The van der Waals surface area contributed by atoms with E-state index in [2.05, 4.69) is 44.7 Å². The highest BCUT2D eigenvalue weighted by Crippen LogP contribution is 2.60. The minimum atomic E-state index is -1.23. The summed E-state index contributed by atoms with van der Waals surface area (Å²) in [5.74, 6) is 1.50. The molecule has 1 aromatic carbocycles. The summed E-state index contributed by atoms with van der Waals surface area (Å²) in [6.45, 7) is 11.6. The van der Waals surface area contributed by atoms with E-state index in [1.165, 1.54) is 36.8 Å². The van der Waals surface area contributed by atoms with Gasteiger partial charge in [0.2, 0.25) is 0 Å². The molecule has 3 aliphatic carbocycles. The third-order valence-electron chi connectivity index (χ3n) is 11.4. The second kappa shape index (κ2) is 12.2. The zero-order valence-electron chi connectivity index (χ0n) is 25.4. The molecule has 0 bridgehead atoms. The molecular weight excluding hydrogens is 510 g/mol. The number of hydrogen-bond donors (Lipinski definition) is 3. The highest BCUT2D eigenvalue weighted by molar-refractivity contribution is 5.87.